The van der Waals surface area contributed by atoms with Crippen molar-refractivity contribution in [3.05, 3.63) is 41.1 Å². The molecule has 0 radical (unpaired) electrons. The lowest BCUT2D eigenvalue weighted by Gasteiger charge is -2.32. The van der Waals surface area contributed by atoms with Crippen LogP contribution < -0.4 is 9.75 Å². The zero-order chi connectivity index (χ0) is 19.4. The molecule has 8 heteroatoms. The normalized spacial score (nSPS) is 13.5. The van der Waals surface area contributed by atoms with Crippen LogP contribution >= 0.6 is 11.8 Å². The number of ether oxygens (including phenoxy) is 1. The highest BCUT2D eigenvalue weighted by molar-refractivity contribution is 8.04. The smallest absolute Gasteiger partial charge is 0.246 e. The Kier molecular flexibility index (Phi) is 5.95. The number of aromatic nitrogens is 3. The van der Waals surface area contributed by atoms with Crippen LogP contribution in [0.15, 0.2) is 40.7 Å². The summed E-state index contributed by atoms with van der Waals surface area (Å²) in [7, 11) is 1.60. The van der Waals surface area contributed by atoms with Gasteiger partial charge in [-0.2, -0.15) is 0 Å². The summed E-state index contributed by atoms with van der Waals surface area (Å²) in [6.07, 6.45) is 3.70. The second-order valence-corrected chi connectivity index (χ2v) is 7.07. The van der Waals surface area contributed by atoms with Crippen LogP contribution in [-0.4, -0.2) is 33.7 Å². The van der Waals surface area contributed by atoms with E-state index in [0.29, 0.717) is 40.8 Å². The Balaban J connectivity index is 2.18. The molecule has 0 N–H and O–H groups in total. The quantitative estimate of drug-likeness (QED) is 0.726. The van der Waals surface area contributed by atoms with Gasteiger partial charge in [0, 0.05) is 18.4 Å². The van der Waals surface area contributed by atoms with Crippen molar-refractivity contribution in [2.45, 2.75) is 44.7 Å². The lowest BCUT2D eigenvalue weighted by atomic mass is 10.1. The number of rotatable bonds is 7. The number of hydrogen-bond donors (Lipinski definition) is 0. The monoisotopic (exact) mass is 386 g/mol. The highest BCUT2D eigenvalue weighted by Gasteiger charge is 2.34. The summed E-state index contributed by atoms with van der Waals surface area (Å²) in [5.41, 5.74) is 1.35. The summed E-state index contributed by atoms with van der Waals surface area (Å²) in [6, 6.07) is 7.35. The summed E-state index contributed by atoms with van der Waals surface area (Å²) >= 11 is 1.26. The van der Waals surface area contributed by atoms with Crippen LogP contribution in [-0.2, 0) is 9.59 Å². The maximum absolute atomic E-state index is 13.0. The SMILES string of the molecule is CCCC(=O)C1=C(c2ccc(OC)cc2)N(C(=O)CCC)n2cnnc2S1. The van der Waals surface area contributed by atoms with E-state index in [-0.39, 0.29) is 11.7 Å². The first kappa shape index (κ1) is 19.2. The van der Waals surface area contributed by atoms with Crippen molar-refractivity contribution >= 4 is 29.1 Å². The van der Waals surface area contributed by atoms with Crippen LogP contribution in [0.5, 0.6) is 5.75 Å². The zero-order valence-corrected chi connectivity index (χ0v) is 16.5. The Morgan fingerprint density at radius 2 is 1.81 bits per heavy atom. The van der Waals surface area contributed by atoms with E-state index in [1.54, 1.807) is 11.8 Å². The van der Waals surface area contributed by atoms with Gasteiger partial charge in [-0.3, -0.25) is 9.59 Å². The number of amides is 1. The number of allylic oxidation sites excluding steroid dienone is 1. The van der Waals surface area contributed by atoms with E-state index in [1.807, 2.05) is 38.1 Å². The Morgan fingerprint density at radius 1 is 1.11 bits per heavy atom. The third kappa shape index (κ3) is 3.75. The average Bonchev–Trinajstić information content (AvgIpc) is 3.15. The minimum Gasteiger partial charge on any atom is -0.497 e. The Bertz CT molecular complexity index is 873. The van der Waals surface area contributed by atoms with Gasteiger partial charge >= 0.3 is 0 Å². The van der Waals surface area contributed by atoms with E-state index >= 15 is 0 Å². The summed E-state index contributed by atoms with van der Waals surface area (Å²) in [6.45, 7) is 3.91. The summed E-state index contributed by atoms with van der Waals surface area (Å²) in [4.78, 5) is 26.3. The molecule has 142 valence electrons. The van der Waals surface area contributed by atoms with Crippen molar-refractivity contribution in [2.75, 3.05) is 12.1 Å². The molecule has 0 fully saturated rings. The predicted octanol–water partition coefficient (Wildman–Crippen LogP) is 3.40. The Labute approximate surface area is 162 Å². The van der Waals surface area contributed by atoms with E-state index in [2.05, 4.69) is 10.2 Å². The fourth-order valence-electron chi connectivity index (χ4n) is 2.86. The molecular weight excluding hydrogens is 364 g/mol. The van der Waals surface area contributed by atoms with E-state index in [4.69, 9.17) is 4.74 Å². The standard InChI is InChI=1S/C19H22N4O3S/c1-4-6-15(24)18-17(13-8-10-14(26-3)11-9-13)23(16(25)7-5-2)22-12-20-21-19(22)27-18/h8-12H,4-7H2,1-3H3. The van der Waals surface area contributed by atoms with Crippen LogP contribution in [0.2, 0.25) is 0 Å². The van der Waals surface area contributed by atoms with E-state index in [0.717, 1.165) is 12.0 Å². The number of hydrogen-bond acceptors (Lipinski definition) is 6. The predicted molar refractivity (Wildman–Crippen MR) is 104 cm³/mol. The topological polar surface area (TPSA) is 77.3 Å². The number of thioether (sulfide) groups is 1. The minimum atomic E-state index is -0.105. The summed E-state index contributed by atoms with van der Waals surface area (Å²) < 4.78 is 6.85. The molecule has 27 heavy (non-hydrogen) atoms. The van der Waals surface area contributed by atoms with Gasteiger partial charge in [-0.05, 0) is 48.9 Å². The van der Waals surface area contributed by atoms with Crippen molar-refractivity contribution in [1.29, 1.82) is 0 Å². The van der Waals surface area contributed by atoms with Gasteiger partial charge in [0.15, 0.2) is 5.78 Å². The van der Waals surface area contributed by atoms with Crippen molar-refractivity contribution in [1.82, 2.24) is 14.9 Å². The second kappa shape index (κ2) is 8.39. The van der Waals surface area contributed by atoms with Gasteiger partial charge in [-0.25, -0.2) is 9.69 Å². The molecule has 7 nitrogen and oxygen atoms in total. The van der Waals surface area contributed by atoms with Crippen LogP contribution in [0.4, 0.5) is 0 Å². The maximum Gasteiger partial charge on any atom is 0.246 e. The molecule has 1 aliphatic heterocycles. The van der Waals surface area contributed by atoms with E-state index in [9.17, 15) is 9.59 Å². The first-order valence-electron chi connectivity index (χ1n) is 8.93. The number of benzene rings is 1. The molecule has 1 aromatic carbocycles. The number of methoxy groups -OCH3 is 1. The lowest BCUT2D eigenvalue weighted by Crippen LogP contribution is -2.41. The van der Waals surface area contributed by atoms with Gasteiger partial charge in [-0.15, -0.1) is 10.2 Å². The third-order valence-corrected chi connectivity index (χ3v) is 5.21. The van der Waals surface area contributed by atoms with Crippen molar-refractivity contribution in [3.63, 3.8) is 0 Å². The second-order valence-electron chi connectivity index (χ2n) is 6.10. The van der Waals surface area contributed by atoms with Crippen LogP contribution in [0.1, 0.15) is 45.1 Å². The van der Waals surface area contributed by atoms with Crippen molar-refractivity contribution in [3.8, 4) is 5.75 Å². The molecule has 0 bridgehead atoms. The van der Waals surface area contributed by atoms with Gasteiger partial charge in [0.1, 0.15) is 12.1 Å². The van der Waals surface area contributed by atoms with Crippen molar-refractivity contribution < 1.29 is 14.3 Å². The van der Waals surface area contributed by atoms with Gasteiger partial charge < -0.3 is 4.74 Å². The third-order valence-electron chi connectivity index (χ3n) is 4.13. The van der Waals surface area contributed by atoms with Crippen molar-refractivity contribution in [2.24, 2.45) is 0 Å². The fraction of sp³-hybridized carbons (Fsp3) is 0.368. The molecule has 0 aliphatic carbocycles. The number of carbonyl (C=O) groups is 2. The van der Waals surface area contributed by atoms with Crippen LogP contribution in [0.25, 0.3) is 5.70 Å². The number of ketones is 1. The summed E-state index contributed by atoms with van der Waals surface area (Å²) in [5.74, 6) is 0.601. The van der Waals surface area contributed by atoms with Crippen LogP contribution in [0, 0.1) is 0 Å². The minimum absolute atomic E-state index is 0.00290. The molecule has 2 aromatic rings. The maximum atomic E-state index is 13.0. The Morgan fingerprint density at radius 3 is 2.44 bits per heavy atom. The number of carbonyl (C=O) groups excluding carboxylic acids is 2. The fourth-order valence-corrected chi connectivity index (χ4v) is 3.87. The van der Waals surface area contributed by atoms with Gasteiger partial charge in [0.2, 0.25) is 11.1 Å². The molecule has 0 unspecified atom stereocenters. The molecule has 0 spiro atoms. The van der Waals surface area contributed by atoms with E-state index < -0.39 is 0 Å². The van der Waals surface area contributed by atoms with E-state index in [1.165, 1.54) is 23.1 Å². The molecule has 1 amide bonds. The first-order chi connectivity index (χ1) is 13.1. The molecule has 0 saturated carbocycles. The highest BCUT2D eigenvalue weighted by atomic mass is 32.2. The lowest BCUT2D eigenvalue weighted by molar-refractivity contribution is -0.119. The summed E-state index contributed by atoms with van der Waals surface area (Å²) in [5, 5.41) is 10.0. The highest BCUT2D eigenvalue weighted by Crippen LogP contribution is 2.40. The average molecular weight is 386 g/mol. The van der Waals surface area contributed by atoms with Gasteiger partial charge in [0.25, 0.3) is 0 Å². The van der Waals surface area contributed by atoms with Gasteiger partial charge in [-0.1, -0.05) is 13.8 Å². The van der Waals surface area contributed by atoms with Crippen LogP contribution in [0.3, 0.4) is 0 Å². The Hall–Kier alpha value is -2.61. The molecule has 0 saturated heterocycles. The molecule has 1 aliphatic rings. The number of Topliss-reactive ketones (excluding diaryl/α,β-unsaturated/α-hetero) is 1. The largest absolute Gasteiger partial charge is 0.497 e. The first-order valence-corrected chi connectivity index (χ1v) is 9.75. The van der Waals surface area contributed by atoms with Gasteiger partial charge in [0.05, 0.1) is 17.7 Å². The molecular formula is C19H22N4O3S. The number of fused-ring (bicyclic) bond motifs is 1. The molecule has 1 aromatic heterocycles. The molecule has 2 heterocycles. The number of nitrogens with zero attached hydrogens (tertiary/aromatic N) is 4. The molecule has 0 atom stereocenters. The molecule has 3 rings (SSSR count). The zero-order valence-electron chi connectivity index (χ0n) is 15.6.